The van der Waals surface area contributed by atoms with Crippen molar-refractivity contribution in [1.29, 1.82) is 0 Å². The fourth-order valence-electron chi connectivity index (χ4n) is 3.64. The van der Waals surface area contributed by atoms with Crippen molar-refractivity contribution in [3.63, 3.8) is 0 Å². The van der Waals surface area contributed by atoms with Crippen LogP contribution in [0.2, 0.25) is 0 Å². The molecule has 5 rings (SSSR count). The summed E-state index contributed by atoms with van der Waals surface area (Å²) in [4.78, 5) is 31.7. The van der Waals surface area contributed by atoms with E-state index < -0.39 is 0 Å². The second kappa shape index (κ2) is 5.89. The van der Waals surface area contributed by atoms with E-state index in [-0.39, 0.29) is 11.8 Å². The summed E-state index contributed by atoms with van der Waals surface area (Å²) in [5, 5.41) is 0. The fraction of sp³-hybridized carbons (Fsp3) is 0.0870. The van der Waals surface area contributed by atoms with Gasteiger partial charge in [-0.2, -0.15) is 0 Å². The zero-order valence-electron chi connectivity index (χ0n) is 15.4. The number of imide groups is 1. The summed E-state index contributed by atoms with van der Waals surface area (Å²) >= 11 is 0. The molecule has 0 bridgehead atoms. The molecule has 0 spiro atoms. The van der Waals surface area contributed by atoms with E-state index in [2.05, 4.69) is 4.98 Å². The van der Waals surface area contributed by atoms with Crippen LogP contribution in [0.3, 0.4) is 0 Å². The average molecular weight is 368 g/mol. The predicted molar refractivity (Wildman–Crippen MR) is 107 cm³/mol. The van der Waals surface area contributed by atoms with Crippen LogP contribution in [0.1, 0.15) is 31.8 Å². The Hall–Kier alpha value is -3.73. The molecule has 28 heavy (non-hydrogen) atoms. The molecule has 1 aliphatic heterocycles. The number of aromatic nitrogens is 1. The quantitative estimate of drug-likeness (QED) is 0.472. The highest BCUT2D eigenvalue weighted by molar-refractivity contribution is 6.34. The van der Waals surface area contributed by atoms with Crippen LogP contribution in [0.5, 0.6) is 0 Å². The molecule has 2 heterocycles. The molecule has 0 unspecified atom stereocenters. The van der Waals surface area contributed by atoms with Crippen molar-refractivity contribution in [1.82, 2.24) is 4.98 Å². The first-order valence-electron chi connectivity index (χ1n) is 8.99. The van der Waals surface area contributed by atoms with E-state index in [1.165, 1.54) is 4.90 Å². The molecule has 5 heteroatoms. The summed E-state index contributed by atoms with van der Waals surface area (Å²) in [6.07, 6.45) is 0. The van der Waals surface area contributed by atoms with Crippen LogP contribution < -0.4 is 4.90 Å². The summed E-state index contributed by atoms with van der Waals surface area (Å²) in [7, 11) is 0. The van der Waals surface area contributed by atoms with Gasteiger partial charge in [-0.15, -0.1) is 0 Å². The highest BCUT2D eigenvalue weighted by atomic mass is 16.3. The Morgan fingerprint density at radius 2 is 1.64 bits per heavy atom. The molecular formula is C23H16N2O3. The van der Waals surface area contributed by atoms with E-state index in [9.17, 15) is 9.59 Å². The average Bonchev–Trinajstić information content (AvgIpc) is 3.22. The largest absolute Gasteiger partial charge is 0.436 e. The smallest absolute Gasteiger partial charge is 0.266 e. The summed E-state index contributed by atoms with van der Waals surface area (Å²) in [6, 6.07) is 18.3. The van der Waals surface area contributed by atoms with Gasteiger partial charge in [0.2, 0.25) is 5.89 Å². The lowest BCUT2D eigenvalue weighted by molar-refractivity contribution is 0.0926. The van der Waals surface area contributed by atoms with E-state index in [0.717, 1.165) is 16.6 Å². The SMILES string of the molecule is Cc1ccc(N2C(=O)c3ccc(-c4nc5ccccc5o4)cc3C2=O)c(C)c1. The van der Waals surface area contributed by atoms with E-state index in [0.29, 0.717) is 33.9 Å². The maximum Gasteiger partial charge on any atom is 0.266 e. The Morgan fingerprint density at radius 3 is 2.43 bits per heavy atom. The molecule has 0 radical (unpaired) electrons. The van der Waals surface area contributed by atoms with Gasteiger partial charge in [-0.25, -0.2) is 9.88 Å². The van der Waals surface area contributed by atoms with Gasteiger partial charge < -0.3 is 4.42 Å². The van der Waals surface area contributed by atoms with Crippen LogP contribution in [0, 0.1) is 13.8 Å². The van der Waals surface area contributed by atoms with Gasteiger partial charge in [0.15, 0.2) is 5.58 Å². The molecular weight excluding hydrogens is 352 g/mol. The molecule has 3 aromatic carbocycles. The number of aryl methyl sites for hydroxylation is 2. The zero-order chi connectivity index (χ0) is 19.4. The molecule has 1 aliphatic rings. The number of hydrogen-bond donors (Lipinski definition) is 0. The lowest BCUT2D eigenvalue weighted by Crippen LogP contribution is -2.30. The molecule has 0 N–H and O–H groups in total. The van der Waals surface area contributed by atoms with Crippen LogP contribution in [-0.2, 0) is 0 Å². The number of anilines is 1. The second-order valence-corrected chi connectivity index (χ2v) is 6.98. The Morgan fingerprint density at radius 1 is 0.857 bits per heavy atom. The first-order chi connectivity index (χ1) is 13.5. The lowest BCUT2D eigenvalue weighted by Gasteiger charge is -2.16. The van der Waals surface area contributed by atoms with Crippen LogP contribution in [0.15, 0.2) is 65.1 Å². The lowest BCUT2D eigenvalue weighted by atomic mass is 10.1. The van der Waals surface area contributed by atoms with Crippen LogP contribution >= 0.6 is 0 Å². The molecule has 0 atom stereocenters. The normalized spacial score (nSPS) is 13.4. The zero-order valence-corrected chi connectivity index (χ0v) is 15.4. The van der Waals surface area contributed by atoms with Gasteiger partial charge in [0, 0.05) is 5.56 Å². The van der Waals surface area contributed by atoms with Gasteiger partial charge in [0.05, 0.1) is 16.8 Å². The summed E-state index contributed by atoms with van der Waals surface area (Å²) < 4.78 is 5.80. The number of amides is 2. The number of rotatable bonds is 2. The van der Waals surface area contributed by atoms with Crippen molar-refractivity contribution < 1.29 is 14.0 Å². The first-order valence-corrected chi connectivity index (χ1v) is 8.99. The fourth-order valence-corrected chi connectivity index (χ4v) is 3.64. The highest BCUT2D eigenvalue weighted by Crippen LogP contribution is 2.34. The number of para-hydroxylation sites is 2. The Bertz CT molecular complexity index is 1250. The van der Waals surface area contributed by atoms with E-state index in [1.54, 1.807) is 18.2 Å². The summed E-state index contributed by atoms with van der Waals surface area (Å²) in [6.45, 7) is 3.88. The topological polar surface area (TPSA) is 63.4 Å². The maximum atomic E-state index is 13.1. The Labute approximate surface area is 161 Å². The summed E-state index contributed by atoms with van der Waals surface area (Å²) in [5.74, 6) is -0.213. The van der Waals surface area contributed by atoms with Crippen molar-refractivity contribution in [2.45, 2.75) is 13.8 Å². The van der Waals surface area contributed by atoms with Gasteiger partial charge in [0.1, 0.15) is 5.52 Å². The van der Waals surface area contributed by atoms with Gasteiger partial charge in [-0.05, 0) is 55.8 Å². The molecule has 1 aromatic heterocycles. The maximum absolute atomic E-state index is 13.1. The van der Waals surface area contributed by atoms with Gasteiger partial charge >= 0.3 is 0 Å². The minimum absolute atomic E-state index is 0.309. The van der Waals surface area contributed by atoms with Crippen LogP contribution in [0.4, 0.5) is 5.69 Å². The molecule has 0 saturated carbocycles. The van der Waals surface area contributed by atoms with Gasteiger partial charge in [-0.1, -0.05) is 29.8 Å². The van der Waals surface area contributed by atoms with E-state index in [1.807, 2.05) is 56.3 Å². The molecule has 0 fully saturated rings. The third-order valence-electron chi connectivity index (χ3n) is 5.02. The number of carbonyl (C=O) groups excluding carboxylic acids is 2. The molecule has 0 saturated heterocycles. The predicted octanol–water partition coefficient (Wildman–Crippen LogP) is 4.91. The number of carbonyl (C=O) groups is 2. The van der Waals surface area contributed by atoms with Gasteiger partial charge in [0.25, 0.3) is 11.8 Å². The number of nitrogens with zero attached hydrogens (tertiary/aromatic N) is 2. The van der Waals surface area contributed by atoms with Crippen LogP contribution in [-0.4, -0.2) is 16.8 Å². The number of fused-ring (bicyclic) bond motifs is 2. The summed E-state index contributed by atoms with van der Waals surface area (Å²) in [5.41, 5.74) is 5.42. The standard InChI is InChI=1S/C23H16N2O3/c1-13-7-10-19(14(2)11-13)25-22(26)16-9-8-15(12-17(16)23(25)27)21-24-18-5-3-4-6-20(18)28-21/h3-12H,1-2H3. The van der Waals surface area contributed by atoms with Crippen molar-refractivity contribution in [3.05, 3.63) is 82.9 Å². The third-order valence-corrected chi connectivity index (χ3v) is 5.02. The van der Waals surface area contributed by atoms with Crippen LogP contribution in [0.25, 0.3) is 22.6 Å². The van der Waals surface area contributed by atoms with Crippen molar-refractivity contribution in [3.8, 4) is 11.5 Å². The Balaban J connectivity index is 1.59. The monoisotopic (exact) mass is 368 g/mol. The highest BCUT2D eigenvalue weighted by Gasteiger charge is 2.37. The first kappa shape index (κ1) is 16.4. The molecule has 4 aromatic rings. The third kappa shape index (κ3) is 2.36. The number of oxazole rings is 1. The molecule has 136 valence electrons. The minimum atomic E-state index is -0.329. The molecule has 0 aliphatic carbocycles. The number of hydrogen-bond acceptors (Lipinski definition) is 4. The minimum Gasteiger partial charge on any atom is -0.436 e. The second-order valence-electron chi connectivity index (χ2n) is 6.98. The van der Waals surface area contributed by atoms with Crippen molar-refractivity contribution >= 4 is 28.6 Å². The number of benzene rings is 3. The molecule has 2 amide bonds. The van der Waals surface area contributed by atoms with E-state index in [4.69, 9.17) is 4.42 Å². The van der Waals surface area contributed by atoms with Crippen molar-refractivity contribution in [2.75, 3.05) is 4.90 Å². The van der Waals surface area contributed by atoms with Gasteiger partial charge in [-0.3, -0.25) is 9.59 Å². The Kier molecular flexibility index (Phi) is 3.46. The van der Waals surface area contributed by atoms with E-state index >= 15 is 0 Å². The van der Waals surface area contributed by atoms with Crippen molar-refractivity contribution in [2.24, 2.45) is 0 Å². The molecule has 5 nitrogen and oxygen atoms in total.